The Bertz CT molecular complexity index is 568. The van der Waals surface area contributed by atoms with Crippen molar-refractivity contribution < 1.29 is 0 Å². The molecule has 1 aromatic heterocycles. The van der Waals surface area contributed by atoms with Crippen molar-refractivity contribution in [2.45, 2.75) is 19.5 Å². The van der Waals surface area contributed by atoms with Crippen LogP contribution >= 0.6 is 38.9 Å². The number of hydrogen-bond acceptors (Lipinski definition) is 3. The maximum absolute atomic E-state index is 6.34. The standard InChI is InChI=1S/C14H16BrClN2S/c1-9(17)10-3-4-14(13(16)5-10)18(2)7-12-6-11(15)8-19-12/h3-6,8-9H,7,17H2,1-2H3/t9-/m0/s1. The molecule has 0 amide bonds. The molecule has 0 aliphatic rings. The molecule has 0 saturated heterocycles. The van der Waals surface area contributed by atoms with Gasteiger partial charge in [0.05, 0.1) is 17.3 Å². The Balaban J connectivity index is 2.17. The molecule has 5 heteroatoms. The lowest BCUT2D eigenvalue weighted by molar-refractivity contribution is 0.817. The molecule has 0 spiro atoms. The van der Waals surface area contributed by atoms with Gasteiger partial charge in [-0.2, -0.15) is 0 Å². The maximum atomic E-state index is 6.34. The van der Waals surface area contributed by atoms with E-state index >= 15 is 0 Å². The van der Waals surface area contributed by atoms with E-state index in [1.807, 2.05) is 32.2 Å². The third-order valence-corrected chi connectivity index (χ3v) is 4.91. The first kappa shape index (κ1) is 14.9. The van der Waals surface area contributed by atoms with Gasteiger partial charge in [-0.1, -0.05) is 17.7 Å². The number of anilines is 1. The fourth-order valence-electron chi connectivity index (χ4n) is 1.87. The summed E-state index contributed by atoms with van der Waals surface area (Å²) < 4.78 is 1.12. The molecule has 19 heavy (non-hydrogen) atoms. The van der Waals surface area contributed by atoms with Crippen molar-refractivity contribution in [1.29, 1.82) is 0 Å². The van der Waals surface area contributed by atoms with Crippen molar-refractivity contribution in [2.75, 3.05) is 11.9 Å². The SMILES string of the molecule is C[C@H](N)c1ccc(N(C)Cc2cc(Br)cs2)c(Cl)c1. The van der Waals surface area contributed by atoms with Gasteiger partial charge in [0.2, 0.25) is 0 Å². The first-order chi connectivity index (χ1) is 8.97. The van der Waals surface area contributed by atoms with E-state index in [0.29, 0.717) is 0 Å². The van der Waals surface area contributed by atoms with Crippen LogP contribution in [0.15, 0.2) is 34.1 Å². The number of rotatable bonds is 4. The van der Waals surface area contributed by atoms with Crippen LogP contribution in [0.5, 0.6) is 0 Å². The van der Waals surface area contributed by atoms with E-state index in [-0.39, 0.29) is 6.04 Å². The van der Waals surface area contributed by atoms with E-state index in [9.17, 15) is 0 Å². The number of nitrogens with zero attached hydrogens (tertiary/aromatic N) is 1. The van der Waals surface area contributed by atoms with Crippen molar-refractivity contribution in [2.24, 2.45) is 5.73 Å². The predicted octanol–water partition coefficient (Wildman–Crippen LogP) is 4.82. The summed E-state index contributed by atoms with van der Waals surface area (Å²) in [6.45, 7) is 2.80. The number of benzene rings is 1. The molecule has 0 saturated carbocycles. The first-order valence-electron chi connectivity index (χ1n) is 5.96. The van der Waals surface area contributed by atoms with E-state index in [4.69, 9.17) is 17.3 Å². The predicted molar refractivity (Wildman–Crippen MR) is 88.2 cm³/mol. The molecule has 2 aromatic rings. The highest BCUT2D eigenvalue weighted by Gasteiger charge is 2.10. The second-order valence-corrected chi connectivity index (χ2v) is 6.91. The zero-order valence-corrected chi connectivity index (χ0v) is 14.0. The van der Waals surface area contributed by atoms with Crippen LogP contribution in [0.25, 0.3) is 0 Å². The van der Waals surface area contributed by atoms with Gasteiger partial charge in [0.15, 0.2) is 0 Å². The van der Waals surface area contributed by atoms with Crippen LogP contribution in [-0.2, 0) is 6.54 Å². The molecule has 102 valence electrons. The number of hydrogen-bond donors (Lipinski definition) is 1. The van der Waals surface area contributed by atoms with Gasteiger partial charge in [-0.05, 0) is 46.6 Å². The Morgan fingerprint density at radius 1 is 1.42 bits per heavy atom. The normalized spacial score (nSPS) is 12.5. The van der Waals surface area contributed by atoms with E-state index in [0.717, 1.165) is 27.3 Å². The molecule has 1 atom stereocenters. The van der Waals surface area contributed by atoms with Crippen molar-refractivity contribution in [1.82, 2.24) is 0 Å². The molecule has 0 aliphatic heterocycles. The molecule has 0 unspecified atom stereocenters. The second kappa shape index (κ2) is 6.27. The highest BCUT2D eigenvalue weighted by Crippen LogP contribution is 2.30. The van der Waals surface area contributed by atoms with Crippen molar-refractivity contribution in [3.8, 4) is 0 Å². The van der Waals surface area contributed by atoms with Gasteiger partial charge in [-0.15, -0.1) is 11.3 Å². The van der Waals surface area contributed by atoms with Crippen LogP contribution in [0.3, 0.4) is 0 Å². The van der Waals surface area contributed by atoms with E-state index in [1.165, 1.54) is 4.88 Å². The molecule has 0 fully saturated rings. The van der Waals surface area contributed by atoms with E-state index < -0.39 is 0 Å². The van der Waals surface area contributed by atoms with Gasteiger partial charge in [-0.3, -0.25) is 0 Å². The minimum atomic E-state index is 0.00473. The topological polar surface area (TPSA) is 29.3 Å². The van der Waals surface area contributed by atoms with Crippen LogP contribution in [0.4, 0.5) is 5.69 Å². The van der Waals surface area contributed by atoms with Gasteiger partial charge in [0, 0.05) is 27.8 Å². The van der Waals surface area contributed by atoms with Gasteiger partial charge in [0.1, 0.15) is 0 Å². The van der Waals surface area contributed by atoms with Gasteiger partial charge in [0.25, 0.3) is 0 Å². The van der Waals surface area contributed by atoms with E-state index in [2.05, 4.69) is 32.3 Å². The first-order valence-corrected chi connectivity index (χ1v) is 8.01. The third kappa shape index (κ3) is 3.72. The lowest BCUT2D eigenvalue weighted by atomic mass is 10.1. The van der Waals surface area contributed by atoms with Crippen molar-refractivity contribution in [3.63, 3.8) is 0 Å². The highest BCUT2D eigenvalue weighted by molar-refractivity contribution is 9.10. The smallest absolute Gasteiger partial charge is 0.0642 e. The van der Waals surface area contributed by atoms with Gasteiger partial charge >= 0.3 is 0 Å². The maximum Gasteiger partial charge on any atom is 0.0642 e. The fraction of sp³-hybridized carbons (Fsp3) is 0.286. The second-order valence-electron chi connectivity index (χ2n) is 4.59. The van der Waals surface area contributed by atoms with Crippen LogP contribution in [0.2, 0.25) is 5.02 Å². The van der Waals surface area contributed by atoms with Crippen molar-refractivity contribution >= 4 is 44.6 Å². The number of halogens is 2. The molecule has 0 bridgehead atoms. The molecule has 0 radical (unpaired) electrons. The average molecular weight is 360 g/mol. The Morgan fingerprint density at radius 3 is 2.68 bits per heavy atom. The average Bonchev–Trinajstić information content (AvgIpc) is 2.74. The molecular weight excluding hydrogens is 344 g/mol. The lowest BCUT2D eigenvalue weighted by Crippen LogP contribution is -2.16. The van der Waals surface area contributed by atoms with E-state index in [1.54, 1.807) is 11.3 Å². The Labute approximate surface area is 131 Å². The summed E-state index contributed by atoms with van der Waals surface area (Å²) in [4.78, 5) is 3.44. The molecular formula is C14H16BrClN2S. The molecule has 1 heterocycles. The molecule has 1 aromatic carbocycles. The Morgan fingerprint density at radius 2 is 2.16 bits per heavy atom. The fourth-order valence-corrected chi connectivity index (χ4v) is 3.71. The van der Waals surface area contributed by atoms with Crippen LogP contribution < -0.4 is 10.6 Å². The molecule has 2 nitrogen and oxygen atoms in total. The lowest BCUT2D eigenvalue weighted by Gasteiger charge is -2.21. The summed E-state index contributed by atoms with van der Waals surface area (Å²) in [5.41, 5.74) is 7.94. The summed E-state index contributed by atoms with van der Waals surface area (Å²) in [5.74, 6) is 0. The largest absolute Gasteiger partial charge is 0.368 e. The number of thiophene rings is 1. The Hall–Kier alpha value is -0.550. The highest BCUT2D eigenvalue weighted by atomic mass is 79.9. The zero-order chi connectivity index (χ0) is 14.0. The third-order valence-electron chi connectivity index (χ3n) is 2.92. The van der Waals surface area contributed by atoms with Gasteiger partial charge < -0.3 is 10.6 Å². The molecule has 0 aliphatic carbocycles. The summed E-state index contributed by atoms with van der Waals surface area (Å²) in [6.07, 6.45) is 0. The summed E-state index contributed by atoms with van der Waals surface area (Å²) in [5, 5.41) is 2.83. The summed E-state index contributed by atoms with van der Waals surface area (Å²) in [7, 11) is 2.04. The van der Waals surface area contributed by atoms with Crippen LogP contribution in [0, 0.1) is 0 Å². The minimum absolute atomic E-state index is 0.00473. The monoisotopic (exact) mass is 358 g/mol. The number of nitrogens with two attached hydrogens (primary N) is 1. The van der Waals surface area contributed by atoms with Crippen LogP contribution in [0.1, 0.15) is 23.4 Å². The van der Waals surface area contributed by atoms with Crippen molar-refractivity contribution in [3.05, 3.63) is 49.6 Å². The summed E-state index contributed by atoms with van der Waals surface area (Å²) >= 11 is 11.5. The molecule has 2 rings (SSSR count). The minimum Gasteiger partial charge on any atom is -0.368 e. The Kier molecular flexibility index (Phi) is 4.90. The zero-order valence-electron chi connectivity index (χ0n) is 10.9. The van der Waals surface area contributed by atoms with Crippen LogP contribution in [-0.4, -0.2) is 7.05 Å². The summed E-state index contributed by atoms with van der Waals surface area (Å²) in [6, 6.07) is 8.15. The quantitative estimate of drug-likeness (QED) is 0.848. The molecule has 2 N–H and O–H groups in total. The van der Waals surface area contributed by atoms with Gasteiger partial charge in [-0.25, -0.2) is 0 Å².